The molecule has 4 spiro atoms. The Morgan fingerprint density at radius 3 is 1.55 bits per heavy atom. The number of fused-ring (bicyclic) bond motifs is 9. The molecule has 12 heterocycles. The Hall–Kier alpha value is -9.11. The summed E-state index contributed by atoms with van der Waals surface area (Å²) in [7, 11) is 15.1. The van der Waals surface area contributed by atoms with Crippen molar-refractivity contribution in [3.63, 3.8) is 0 Å². The maximum atomic E-state index is 12.3. The van der Waals surface area contributed by atoms with Crippen LogP contribution < -0.4 is 47.9 Å². The van der Waals surface area contributed by atoms with Crippen LogP contribution in [-0.2, 0) is 24.0 Å². The Balaban J connectivity index is 0.0000000973. The van der Waals surface area contributed by atoms with Crippen LogP contribution in [0.25, 0.3) is 44.7 Å². The molecule has 0 radical (unpaired) electrons. The van der Waals surface area contributed by atoms with E-state index in [4.69, 9.17) is 34.0 Å². The number of nitrogens with one attached hydrogen (secondary N) is 6. The van der Waals surface area contributed by atoms with E-state index in [-0.39, 0.29) is 86.2 Å². The maximum Gasteiger partial charge on any atom is 0.303 e. The van der Waals surface area contributed by atoms with Crippen LogP contribution in [0, 0.1) is 65.1 Å². The van der Waals surface area contributed by atoms with E-state index in [9.17, 15) is 33.6 Å². The summed E-state index contributed by atoms with van der Waals surface area (Å²) in [6.45, 7) is 2.32. The number of anilines is 4. The second kappa shape index (κ2) is 25.5. The zero-order valence-corrected chi connectivity index (χ0v) is 64.3. The highest BCUT2D eigenvalue weighted by atomic mass is 35.5. The van der Waals surface area contributed by atoms with Gasteiger partial charge in [-0.15, -0.1) is 0 Å². The van der Waals surface area contributed by atoms with Gasteiger partial charge in [0, 0.05) is 151 Å². The van der Waals surface area contributed by atoms with E-state index in [1.54, 1.807) is 30.9 Å². The fraction of sp³-hybridized carbons (Fsp3) is 0.662. The summed E-state index contributed by atoms with van der Waals surface area (Å²) in [5.41, 5.74) is 10.2. The fourth-order valence-corrected chi connectivity index (χ4v) is 24.6. The number of carbonyl (C=O) groups excluding carboxylic acids is 4. The van der Waals surface area contributed by atoms with Crippen LogP contribution in [0.4, 0.5) is 23.8 Å². The van der Waals surface area contributed by atoms with Crippen LogP contribution in [0.15, 0.2) is 34.9 Å². The molecule has 5 unspecified atom stereocenters. The molecule has 10 saturated carbocycles. The molecule has 8 aromatic rings. The van der Waals surface area contributed by atoms with E-state index in [2.05, 4.69) is 102 Å². The van der Waals surface area contributed by atoms with Crippen molar-refractivity contribution in [2.75, 3.05) is 77.2 Å². The lowest BCUT2D eigenvalue weighted by Crippen LogP contribution is -2.63. The zero-order valence-electron chi connectivity index (χ0n) is 62.8. The Labute approximate surface area is 636 Å². The molecule has 14 aliphatic rings. The molecule has 4 amide bonds. The first-order chi connectivity index (χ1) is 52.0. The number of nitrogens with two attached hydrogens (primary N) is 1. The number of carboxylic acids is 1. The minimum absolute atomic E-state index is 0.00678. The molecular formula is C74H95Cl2N25O8. The molecule has 22 rings (SSSR count). The summed E-state index contributed by atoms with van der Waals surface area (Å²) < 4.78 is 8.26. The molecule has 33 nitrogen and oxygen atoms in total. The van der Waals surface area contributed by atoms with Crippen molar-refractivity contribution in [2.24, 2.45) is 65.1 Å². The van der Waals surface area contributed by atoms with Gasteiger partial charge in [0.25, 0.3) is 11.1 Å². The van der Waals surface area contributed by atoms with Crippen LogP contribution in [-0.4, -0.2) is 207 Å². The molecule has 8 bridgehead atoms. The summed E-state index contributed by atoms with van der Waals surface area (Å²) in [6.07, 6.45) is 26.0. The van der Waals surface area contributed by atoms with E-state index in [0.717, 1.165) is 101 Å². The van der Waals surface area contributed by atoms with Gasteiger partial charge in [-0.2, -0.15) is 29.9 Å². The first kappa shape index (κ1) is 71.5. The number of halogens is 2. The van der Waals surface area contributed by atoms with E-state index in [1.165, 1.54) is 19.3 Å². The Morgan fingerprint density at radius 2 is 1.02 bits per heavy atom. The molecule has 109 heavy (non-hydrogen) atoms. The highest BCUT2D eigenvalue weighted by molar-refractivity contribution is 6.34. The number of H-pyrrole nitrogens is 2. The lowest BCUT2D eigenvalue weighted by Gasteiger charge is -2.57. The van der Waals surface area contributed by atoms with Gasteiger partial charge >= 0.3 is 5.97 Å². The Kier molecular flexibility index (Phi) is 16.7. The zero-order chi connectivity index (χ0) is 76.2. The predicted octanol–water partition coefficient (Wildman–Crippen LogP) is 6.04. The molecule has 4 aliphatic heterocycles. The molecule has 4 saturated heterocycles. The monoisotopic (exact) mass is 1530 g/mol. The van der Waals surface area contributed by atoms with Gasteiger partial charge in [-0.05, 0) is 151 Å². The third kappa shape index (κ3) is 11.0. The van der Waals surface area contributed by atoms with Crippen molar-refractivity contribution in [1.82, 2.24) is 104 Å². The number of carbonyl (C=O) groups is 5. The van der Waals surface area contributed by atoms with Gasteiger partial charge in [0.2, 0.25) is 47.4 Å². The topological polar surface area (TPSA) is 407 Å². The molecule has 35 heteroatoms. The Morgan fingerprint density at radius 1 is 0.541 bits per heavy atom. The summed E-state index contributed by atoms with van der Waals surface area (Å²) in [5.74, 6) is 7.80. The van der Waals surface area contributed by atoms with Gasteiger partial charge in [0.1, 0.15) is 11.0 Å². The van der Waals surface area contributed by atoms with Crippen molar-refractivity contribution >= 4 is 121 Å². The number of amides is 4. The predicted molar refractivity (Wildman–Crippen MR) is 404 cm³/mol. The largest absolute Gasteiger partial charge is 0.481 e. The normalized spacial score (nSPS) is 35.9. The number of hydrogen-bond acceptors (Lipinski definition) is 22. The first-order valence-corrected chi connectivity index (χ1v) is 39.4. The third-order valence-electron chi connectivity index (χ3n) is 29.0. The van der Waals surface area contributed by atoms with Gasteiger partial charge in [-0.25, -0.2) is 19.9 Å². The van der Waals surface area contributed by atoms with Crippen molar-refractivity contribution in [3.05, 3.63) is 56.3 Å². The van der Waals surface area contributed by atoms with Crippen molar-refractivity contribution in [3.8, 4) is 0 Å². The molecule has 20 atom stereocenters. The molecule has 14 fully saturated rings. The molecule has 578 valence electrons. The number of aromatic nitrogens is 16. The first-order valence-electron chi connectivity index (χ1n) is 38.6. The van der Waals surface area contributed by atoms with Crippen LogP contribution in [0.1, 0.15) is 160 Å². The summed E-state index contributed by atoms with van der Waals surface area (Å²) in [6, 6.07) is 1.05. The second-order valence-corrected chi connectivity index (χ2v) is 35.7. The number of piperidine rings is 4. The van der Waals surface area contributed by atoms with E-state index < -0.39 is 5.97 Å². The molecular weight excluding hydrogens is 1440 g/mol. The maximum absolute atomic E-state index is 12.3. The van der Waals surface area contributed by atoms with Gasteiger partial charge < -0.3 is 70.0 Å². The summed E-state index contributed by atoms with van der Waals surface area (Å²) in [5, 5.41) is 22.5. The summed E-state index contributed by atoms with van der Waals surface area (Å²) in [4.78, 5) is 140. The minimum Gasteiger partial charge on any atom is -0.481 e. The van der Waals surface area contributed by atoms with E-state index in [0.29, 0.717) is 153 Å². The average molecular weight is 1530 g/mol. The smallest absolute Gasteiger partial charge is 0.303 e. The number of nitrogens with zero attached hydrogens (tertiary/aromatic N) is 18. The molecule has 9 N–H and O–H groups in total. The number of aliphatic carboxylic acids is 1. The number of aromatic amines is 2. The Bertz CT molecular complexity index is 5230. The SMILES string of the molecule is CN(C)c1nc(Cl)c2ncn([C@@H]3CC45C[C@@H](CC(=O)N4C)C[C@@H]35)c2n1.CN(C)c1nc2c(ncn2[C@@H]2CC34C[C@@H](CC(=O)N3C)C[C@@H]24)c(=O)[nH]1.CNc1nc2c(ncn2[C@@H]2CC3(NC)C[C@@H](CC(=O)O)C[C@@H]23)c(=O)[nH]1.C[C@@H]1CC23C[C@@H](CC(=O)N2)C[C@@H]13.Nc1nc(Cl)c2ncn([C@@H]3CC45C[C@@H](CC(=O)N4)C[C@@H]35)c2n1. The van der Waals surface area contributed by atoms with Gasteiger partial charge in [0.15, 0.2) is 43.9 Å². The van der Waals surface area contributed by atoms with Crippen LogP contribution in [0.5, 0.6) is 0 Å². The fourth-order valence-electron chi connectivity index (χ4n) is 24.2. The van der Waals surface area contributed by atoms with Gasteiger partial charge in [-0.3, -0.25) is 43.5 Å². The number of hydrogen-bond donors (Lipinski definition) is 8. The van der Waals surface area contributed by atoms with Crippen LogP contribution in [0.3, 0.4) is 0 Å². The lowest BCUT2D eigenvalue weighted by atomic mass is 9.61. The third-order valence-corrected chi connectivity index (χ3v) is 29.5. The average Bonchev–Trinajstić information content (AvgIpc) is 1.57. The number of imidazole rings is 4. The molecule has 0 aromatic carbocycles. The lowest BCUT2D eigenvalue weighted by molar-refractivity contribution is -0.150. The minimum atomic E-state index is -0.742. The second-order valence-electron chi connectivity index (χ2n) is 35.0. The van der Waals surface area contributed by atoms with Crippen molar-refractivity contribution in [1.29, 1.82) is 0 Å². The van der Waals surface area contributed by atoms with E-state index in [1.807, 2.05) is 74.9 Å². The molecule has 10 aliphatic carbocycles. The van der Waals surface area contributed by atoms with Gasteiger partial charge in [0.05, 0.1) is 25.3 Å². The highest BCUT2D eigenvalue weighted by Gasteiger charge is 2.68. The number of nitrogen functional groups attached to an aromatic ring is 1. The van der Waals surface area contributed by atoms with Crippen LogP contribution >= 0.6 is 23.2 Å². The van der Waals surface area contributed by atoms with Crippen LogP contribution in [0.2, 0.25) is 10.3 Å². The number of rotatable bonds is 10. The number of carboxylic acid groups (broad SMARTS) is 1. The van der Waals surface area contributed by atoms with E-state index >= 15 is 0 Å². The summed E-state index contributed by atoms with van der Waals surface area (Å²) >= 11 is 12.4. The van der Waals surface area contributed by atoms with Crippen molar-refractivity contribution < 1.29 is 29.1 Å². The standard InChI is InChI=1S/C17H21ClN6O.C17H22N6O2.C16H22N6O3.C14H15ClN6O.C10H15NO/c1-22(2)16-20-14(18)13-15(21-16)24(8-19-13)11-7-17-6-9(4-10(11)17)5-12(25)23(17)3;1-21(2)16-19-14-13(15(25)20-16)18-8-23(14)11-7-17-6-9(4-10(11)17)5-12(24)22(17)3;1-17-15-20-13-12(14(25)21-15)19-7-22(13)10-6-16(18-2)5-8(3-9(10)16)4-11(23)24;15-11-10-12(19-13(16)18-11)21(5-17-10)8-4-14-3-6(1-7(8)14)2-9(22)20-14;1-6-4-10-5-7(2-8(6)10)3-9(12)11-10/h8-11H,4-7H2,1-3H3;8-11H,4-7H2,1-3H3,(H,19,20,25);7-10,18H,3-6H2,1-2H3,(H,23,24)(H2,17,20,21,25);5-8H,1-4H2,(H,20,22)(H2,16,18,19);6-8H,2-5H2,1H3,(H,11,12)/t2*9-,10+,11-,17?;8-,9+,10-,16?;6-,7+,8-,14?;6-,7-,8+,10?/m11111/s1. The number of likely N-dealkylation sites (tertiary alicyclic amines) is 2. The quantitative estimate of drug-likeness (QED) is 0.0723. The van der Waals surface area contributed by atoms with Gasteiger partial charge in [-0.1, -0.05) is 30.1 Å². The highest BCUT2D eigenvalue weighted by Crippen LogP contribution is 2.67. The van der Waals surface area contributed by atoms with Crippen molar-refractivity contribution in [2.45, 2.75) is 187 Å². The molecule has 8 aromatic heterocycles.